The Morgan fingerprint density at radius 2 is 1.89 bits per heavy atom. The summed E-state index contributed by atoms with van der Waals surface area (Å²) < 4.78 is 13.3. The molecular formula is C22H18ClFN2O. The number of halogens is 2. The molecule has 0 aliphatic carbocycles. The van der Waals surface area contributed by atoms with E-state index in [0.29, 0.717) is 19.4 Å². The Morgan fingerprint density at radius 3 is 2.67 bits per heavy atom. The minimum Gasteiger partial charge on any atom is -0.312 e. The van der Waals surface area contributed by atoms with Gasteiger partial charge in [-0.1, -0.05) is 23.7 Å². The number of anilines is 1. The van der Waals surface area contributed by atoms with E-state index in [0.717, 1.165) is 28.8 Å². The van der Waals surface area contributed by atoms with Crippen LogP contribution in [0.3, 0.4) is 0 Å². The smallest absolute Gasteiger partial charge is 0.227 e. The van der Waals surface area contributed by atoms with Gasteiger partial charge >= 0.3 is 0 Å². The molecule has 1 aliphatic rings. The zero-order valence-electron chi connectivity index (χ0n) is 14.7. The van der Waals surface area contributed by atoms with Gasteiger partial charge in [-0.3, -0.25) is 9.78 Å². The first-order valence-electron chi connectivity index (χ1n) is 8.89. The van der Waals surface area contributed by atoms with Crippen LogP contribution in [0.2, 0.25) is 5.02 Å². The molecular weight excluding hydrogens is 363 g/mol. The van der Waals surface area contributed by atoms with E-state index in [9.17, 15) is 9.18 Å². The molecule has 4 rings (SSSR count). The third-order valence-electron chi connectivity index (χ3n) is 4.90. The van der Waals surface area contributed by atoms with Crippen molar-refractivity contribution in [1.82, 2.24) is 4.98 Å². The monoisotopic (exact) mass is 380 g/mol. The lowest BCUT2D eigenvalue weighted by Gasteiger charge is -2.18. The van der Waals surface area contributed by atoms with Crippen molar-refractivity contribution in [2.75, 3.05) is 11.4 Å². The van der Waals surface area contributed by atoms with Gasteiger partial charge in [0.15, 0.2) is 0 Å². The molecule has 1 aliphatic heterocycles. The van der Waals surface area contributed by atoms with Crippen LogP contribution in [0.5, 0.6) is 0 Å². The standard InChI is InChI=1S/C22H18ClFN2O/c23-19-13-15(1-4-20(19)24)2-6-22(27)26-12-9-18-14-17(3-5-21(18)26)16-7-10-25-11-8-16/h1,3-5,7-8,10-11,13-14H,2,6,9,12H2. The number of benzene rings is 2. The second-order valence-electron chi connectivity index (χ2n) is 6.62. The number of carbonyl (C=O) groups is 1. The fourth-order valence-corrected chi connectivity index (χ4v) is 3.67. The number of aromatic nitrogens is 1. The van der Waals surface area contributed by atoms with Crippen LogP contribution >= 0.6 is 11.6 Å². The summed E-state index contributed by atoms with van der Waals surface area (Å²) in [7, 11) is 0. The van der Waals surface area contributed by atoms with E-state index < -0.39 is 5.82 Å². The van der Waals surface area contributed by atoms with Crippen molar-refractivity contribution in [3.63, 3.8) is 0 Å². The number of amides is 1. The first-order valence-corrected chi connectivity index (χ1v) is 9.27. The van der Waals surface area contributed by atoms with Crippen LogP contribution in [0.1, 0.15) is 17.5 Å². The second-order valence-corrected chi connectivity index (χ2v) is 7.03. The number of pyridine rings is 1. The maximum absolute atomic E-state index is 13.3. The predicted molar refractivity (Wildman–Crippen MR) is 105 cm³/mol. The van der Waals surface area contributed by atoms with Crippen molar-refractivity contribution in [2.24, 2.45) is 0 Å². The molecule has 0 saturated heterocycles. The molecule has 2 aromatic carbocycles. The summed E-state index contributed by atoms with van der Waals surface area (Å²) in [6.45, 7) is 0.693. The Labute approximate surface area is 162 Å². The van der Waals surface area contributed by atoms with Crippen LogP contribution in [0.4, 0.5) is 10.1 Å². The molecule has 2 heterocycles. The number of rotatable bonds is 4. The Morgan fingerprint density at radius 1 is 1.07 bits per heavy atom. The highest BCUT2D eigenvalue weighted by Crippen LogP contribution is 2.32. The summed E-state index contributed by atoms with van der Waals surface area (Å²) >= 11 is 5.81. The average molecular weight is 381 g/mol. The van der Waals surface area contributed by atoms with Gasteiger partial charge in [-0.25, -0.2) is 4.39 Å². The van der Waals surface area contributed by atoms with E-state index in [1.165, 1.54) is 11.6 Å². The first kappa shape index (κ1) is 17.7. The lowest BCUT2D eigenvalue weighted by molar-refractivity contribution is -0.118. The van der Waals surface area contributed by atoms with Crippen molar-refractivity contribution in [2.45, 2.75) is 19.3 Å². The largest absolute Gasteiger partial charge is 0.312 e. The lowest BCUT2D eigenvalue weighted by atomic mass is 10.0. The molecule has 0 bridgehead atoms. The van der Waals surface area contributed by atoms with Crippen molar-refractivity contribution < 1.29 is 9.18 Å². The van der Waals surface area contributed by atoms with Crippen molar-refractivity contribution in [1.29, 1.82) is 0 Å². The van der Waals surface area contributed by atoms with E-state index in [1.807, 2.05) is 29.2 Å². The number of fused-ring (bicyclic) bond motifs is 1. The van der Waals surface area contributed by atoms with Crippen LogP contribution in [-0.2, 0) is 17.6 Å². The van der Waals surface area contributed by atoms with Gasteiger partial charge in [0.25, 0.3) is 0 Å². The van der Waals surface area contributed by atoms with Crippen LogP contribution in [0.15, 0.2) is 60.9 Å². The normalized spacial score (nSPS) is 12.9. The molecule has 0 unspecified atom stereocenters. The van der Waals surface area contributed by atoms with Crippen LogP contribution in [0.25, 0.3) is 11.1 Å². The molecule has 0 spiro atoms. The van der Waals surface area contributed by atoms with Gasteiger partial charge in [0, 0.05) is 31.0 Å². The number of aryl methyl sites for hydroxylation is 1. The molecule has 0 fully saturated rings. The number of hydrogen-bond acceptors (Lipinski definition) is 2. The number of nitrogens with zero attached hydrogens (tertiary/aromatic N) is 2. The SMILES string of the molecule is O=C(CCc1ccc(F)c(Cl)c1)N1CCc2cc(-c3ccncc3)ccc21. The lowest BCUT2D eigenvalue weighted by Crippen LogP contribution is -2.29. The van der Waals surface area contributed by atoms with E-state index >= 15 is 0 Å². The Balaban J connectivity index is 1.47. The molecule has 27 heavy (non-hydrogen) atoms. The third kappa shape index (κ3) is 3.71. The highest BCUT2D eigenvalue weighted by molar-refractivity contribution is 6.30. The molecule has 0 N–H and O–H groups in total. The summed E-state index contributed by atoms with van der Waals surface area (Å²) in [5.41, 5.74) is 5.27. The quantitative estimate of drug-likeness (QED) is 0.633. The molecule has 136 valence electrons. The molecule has 0 saturated carbocycles. The van der Waals surface area contributed by atoms with Crippen LogP contribution in [-0.4, -0.2) is 17.4 Å². The van der Waals surface area contributed by atoms with E-state index in [1.54, 1.807) is 24.5 Å². The van der Waals surface area contributed by atoms with Gasteiger partial charge in [0.05, 0.1) is 5.02 Å². The van der Waals surface area contributed by atoms with Crippen molar-refractivity contribution in [3.8, 4) is 11.1 Å². The summed E-state index contributed by atoms with van der Waals surface area (Å²) in [6.07, 6.45) is 5.32. The first-order chi connectivity index (χ1) is 13.1. The topological polar surface area (TPSA) is 33.2 Å². The molecule has 3 aromatic rings. The van der Waals surface area contributed by atoms with Gasteiger partial charge in [0.2, 0.25) is 5.91 Å². The van der Waals surface area contributed by atoms with Gasteiger partial charge in [0.1, 0.15) is 5.82 Å². The fourth-order valence-electron chi connectivity index (χ4n) is 3.47. The Kier molecular flexibility index (Phi) is 4.90. The van der Waals surface area contributed by atoms with Gasteiger partial charge in [-0.15, -0.1) is 0 Å². The Hall–Kier alpha value is -2.72. The van der Waals surface area contributed by atoms with Crippen molar-refractivity contribution in [3.05, 3.63) is 82.9 Å². The zero-order valence-corrected chi connectivity index (χ0v) is 15.4. The molecule has 1 amide bonds. The fraction of sp³-hybridized carbons (Fsp3) is 0.182. The molecule has 1 aromatic heterocycles. The van der Waals surface area contributed by atoms with Crippen LogP contribution < -0.4 is 4.90 Å². The summed E-state index contributed by atoms with van der Waals surface area (Å²) in [6, 6.07) is 14.8. The molecule has 5 heteroatoms. The van der Waals surface area contributed by atoms with Crippen molar-refractivity contribution >= 4 is 23.2 Å². The third-order valence-corrected chi connectivity index (χ3v) is 5.19. The van der Waals surface area contributed by atoms with E-state index in [4.69, 9.17) is 11.6 Å². The average Bonchev–Trinajstić information content (AvgIpc) is 3.12. The van der Waals surface area contributed by atoms with E-state index in [2.05, 4.69) is 11.1 Å². The molecule has 0 atom stereocenters. The Bertz CT molecular complexity index is 991. The van der Waals surface area contributed by atoms with Gasteiger partial charge in [-0.2, -0.15) is 0 Å². The maximum atomic E-state index is 13.3. The number of carbonyl (C=O) groups excluding carboxylic acids is 1. The molecule has 3 nitrogen and oxygen atoms in total. The maximum Gasteiger partial charge on any atom is 0.227 e. The predicted octanol–water partition coefficient (Wildman–Crippen LogP) is 5.06. The number of hydrogen-bond donors (Lipinski definition) is 0. The minimum absolute atomic E-state index is 0.0749. The second kappa shape index (κ2) is 7.49. The van der Waals surface area contributed by atoms with Crippen LogP contribution in [0, 0.1) is 5.82 Å². The minimum atomic E-state index is -0.440. The summed E-state index contributed by atoms with van der Waals surface area (Å²) in [4.78, 5) is 18.6. The van der Waals surface area contributed by atoms with Gasteiger partial charge < -0.3 is 4.90 Å². The zero-order chi connectivity index (χ0) is 18.8. The summed E-state index contributed by atoms with van der Waals surface area (Å²) in [5, 5.41) is 0.0927. The highest BCUT2D eigenvalue weighted by Gasteiger charge is 2.24. The molecule has 0 radical (unpaired) electrons. The summed E-state index contributed by atoms with van der Waals surface area (Å²) in [5.74, 6) is -0.365. The highest BCUT2D eigenvalue weighted by atomic mass is 35.5. The van der Waals surface area contributed by atoms with E-state index in [-0.39, 0.29) is 10.9 Å². The van der Waals surface area contributed by atoms with Gasteiger partial charge in [-0.05, 0) is 71.5 Å².